The molecule has 110 valence electrons. The summed E-state index contributed by atoms with van der Waals surface area (Å²) in [5.74, 6) is 0.0628. The maximum Gasteiger partial charge on any atom is 0.356 e. The minimum absolute atomic E-state index is 0.0298. The molecule has 0 aliphatic rings. The molecular weight excluding hydrogens is 304 g/mol. The first kappa shape index (κ1) is 14.1. The number of hydrogen-bond acceptors (Lipinski definition) is 4. The van der Waals surface area contributed by atoms with Crippen LogP contribution in [-0.2, 0) is 0 Å². The number of nitrogens with zero attached hydrogens (tertiary/aromatic N) is 3. The summed E-state index contributed by atoms with van der Waals surface area (Å²) in [6, 6.07) is 14.0. The van der Waals surface area contributed by atoms with E-state index in [9.17, 15) is 4.79 Å². The fraction of sp³-hybridized carbons (Fsp3) is 0. The molecule has 0 spiro atoms. The smallest absolute Gasteiger partial charge is 0.356 e. The maximum atomic E-state index is 10.9. The van der Waals surface area contributed by atoms with Crippen molar-refractivity contribution in [2.75, 3.05) is 5.32 Å². The van der Waals surface area contributed by atoms with Crippen LogP contribution in [0.2, 0.25) is 5.02 Å². The Balaban J connectivity index is 1.85. The molecule has 0 atom stereocenters. The highest BCUT2D eigenvalue weighted by Crippen LogP contribution is 2.18. The Kier molecular flexibility index (Phi) is 3.76. The quantitative estimate of drug-likeness (QED) is 0.772. The summed E-state index contributed by atoms with van der Waals surface area (Å²) in [7, 11) is 0. The Morgan fingerprint density at radius 1 is 1.14 bits per heavy atom. The summed E-state index contributed by atoms with van der Waals surface area (Å²) in [5.41, 5.74) is 0.818. The first-order valence-corrected chi connectivity index (χ1v) is 6.78. The van der Waals surface area contributed by atoms with Gasteiger partial charge in [0.1, 0.15) is 5.82 Å². The van der Waals surface area contributed by atoms with Gasteiger partial charge in [0, 0.05) is 16.9 Å². The van der Waals surface area contributed by atoms with Gasteiger partial charge >= 0.3 is 5.97 Å². The molecule has 0 radical (unpaired) electrons. The molecule has 0 bridgehead atoms. The Labute approximate surface area is 131 Å². The summed E-state index contributed by atoms with van der Waals surface area (Å²) in [4.78, 5) is 15.3. The lowest BCUT2D eigenvalue weighted by atomic mass is 10.3. The van der Waals surface area contributed by atoms with Gasteiger partial charge in [-0.25, -0.2) is 14.5 Å². The van der Waals surface area contributed by atoms with Gasteiger partial charge in [-0.2, -0.15) is 5.10 Å². The van der Waals surface area contributed by atoms with Crippen molar-refractivity contribution >= 4 is 29.1 Å². The van der Waals surface area contributed by atoms with Crippen LogP contribution in [0.15, 0.2) is 54.7 Å². The number of nitrogens with one attached hydrogen (secondary N) is 1. The number of aromatic nitrogens is 3. The van der Waals surface area contributed by atoms with E-state index >= 15 is 0 Å². The third-order valence-electron chi connectivity index (χ3n) is 2.89. The van der Waals surface area contributed by atoms with Crippen LogP contribution < -0.4 is 5.32 Å². The van der Waals surface area contributed by atoms with Crippen LogP contribution in [0.5, 0.6) is 0 Å². The number of halogens is 1. The highest BCUT2D eigenvalue weighted by atomic mass is 35.5. The highest BCUT2D eigenvalue weighted by Gasteiger charge is 2.08. The Morgan fingerprint density at radius 3 is 2.59 bits per heavy atom. The highest BCUT2D eigenvalue weighted by molar-refractivity contribution is 6.30. The number of pyridine rings is 1. The van der Waals surface area contributed by atoms with E-state index in [0.29, 0.717) is 16.7 Å². The molecule has 0 aliphatic carbocycles. The zero-order chi connectivity index (χ0) is 15.5. The molecule has 3 rings (SSSR count). The molecule has 0 saturated heterocycles. The summed E-state index contributed by atoms with van der Waals surface area (Å²) in [5, 5.41) is 16.6. The molecule has 2 aromatic heterocycles. The molecule has 0 unspecified atom stereocenters. The number of rotatable bonds is 4. The lowest BCUT2D eigenvalue weighted by molar-refractivity contribution is 0.0690. The van der Waals surface area contributed by atoms with Gasteiger partial charge in [0.15, 0.2) is 11.5 Å². The molecular formula is C15H11ClN4O2. The Bertz CT molecular complexity index is 814. The maximum absolute atomic E-state index is 10.9. The third kappa shape index (κ3) is 3.07. The predicted molar refractivity (Wildman–Crippen MR) is 83.1 cm³/mol. The van der Waals surface area contributed by atoms with Crippen LogP contribution in [0.1, 0.15) is 10.5 Å². The van der Waals surface area contributed by atoms with E-state index in [0.717, 1.165) is 5.69 Å². The van der Waals surface area contributed by atoms with Crippen LogP contribution in [0.4, 0.5) is 11.5 Å². The van der Waals surface area contributed by atoms with E-state index in [1.807, 2.05) is 18.2 Å². The molecule has 2 heterocycles. The molecule has 0 amide bonds. The van der Waals surface area contributed by atoms with Crippen molar-refractivity contribution in [3.8, 4) is 5.82 Å². The van der Waals surface area contributed by atoms with E-state index in [1.54, 1.807) is 30.5 Å². The second kappa shape index (κ2) is 5.87. The standard InChI is InChI=1S/C15H11ClN4O2/c16-10-4-6-11(7-5-10)17-13-2-1-3-14(18-13)20-9-8-12(19-20)15(21)22/h1-9H,(H,17,18)(H,21,22). The number of hydrogen-bond donors (Lipinski definition) is 2. The van der Waals surface area contributed by atoms with Crippen molar-refractivity contribution in [2.24, 2.45) is 0 Å². The van der Waals surface area contributed by atoms with Gasteiger partial charge < -0.3 is 10.4 Å². The van der Waals surface area contributed by atoms with Gasteiger partial charge in [-0.05, 0) is 42.5 Å². The number of carboxylic acids is 1. The van der Waals surface area contributed by atoms with E-state index in [-0.39, 0.29) is 5.69 Å². The molecule has 0 fully saturated rings. The Morgan fingerprint density at radius 2 is 1.91 bits per heavy atom. The summed E-state index contributed by atoms with van der Waals surface area (Å²) in [6.07, 6.45) is 1.55. The van der Waals surface area contributed by atoms with E-state index < -0.39 is 5.97 Å². The van der Waals surface area contributed by atoms with Gasteiger partial charge in [-0.15, -0.1) is 0 Å². The van der Waals surface area contributed by atoms with Crippen LogP contribution in [0.3, 0.4) is 0 Å². The zero-order valence-corrected chi connectivity index (χ0v) is 12.0. The van der Waals surface area contributed by atoms with Crippen molar-refractivity contribution in [1.82, 2.24) is 14.8 Å². The SMILES string of the molecule is O=C(O)c1ccn(-c2cccc(Nc3ccc(Cl)cc3)n2)n1. The van der Waals surface area contributed by atoms with Crippen molar-refractivity contribution in [2.45, 2.75) is 0 Å². The molecule has 6 nitrogen and oxygen atoms in total. The number of carbonyl (C=O) groups is 1. The monoisotopic (exact) mass is 314 g/mol. The fourth-order valence-electron chi connectivity index (χ4n) is 1.87. The Hall–Kier alpha value is -2.86. The lowest BCUT2D eigenvalue weighted by Gasteiger charge is -2.07. The largest absolute Gasteiger partial charge is 0.476 e. The van der Waals surface area contributed by atoms with Gasteiger partial charge in [-0.3, -0.25) is 0 Å². The van der Waals surface area contributed by atoms with Crippen LogP contribution in [0.25, 0.3) is 5.82 Å². The minimum atomic E-state index is -1.07. The van der Waals surface area contributed by atoms with Crippen LogP contribution in [0, 0.1) is 0 Å². The van der Waals surface area contributed by atoms with Gasteiger partial charge in [0.05, 0.1) is 0 Å². The number of benzene rings is 1. The molecule has 2 N–H and O–H groups in total. The molecule has 3 aromatic rings. The third-order valence-corrected chi connectivity index (χ3v) is 3.15. The van der Waals surface area contributed by atoms with Crippen molar-refractivity contribution in [3.63, 3.8) is 0 Å². The van der Waals surface area contributed by atoms with Crippen molar-refractivity contribution in [1.29, 1.82) is 0 Å². The summed E-state index contributed by atoms with van der Waals surface area (Å²) >= 11 is 5.84. The first-order chi connectivity index (χ1) is 10.6. The van der Waals surface area contributed by atoms with E-state index in [2.05, 4.69) is 15.4 Å². The van der Waals surface area contributed by atoms with Crippen LogP contribution in [-0.4, -0.2) is 25.8 Å². The molecule has 0 saturated carbocycles. The molecule has 1 aromatic carbocycles. The number of carboxylic acid groups (broad SMARTS) is 1. The predicted octanol–water partition coefficient (Wildman–Crippen LogP) is 3.36. The second-order valence-corrected chi connectivity index (χ2v) is 4.90. The van der Waals surface area contributed by atoms with Gasteiger partial charge in [0.25, 0.3) is 0 Å². The van der Waals surface area contributed by atoms with Crippen molar-refractivity contribution in [3.05, 3.63) is 65.4 Å². The first-order valence-electron chi connectivity index (χ1n) is 6.41. The fourth-order valence-corrected chi connectivity index (χ4v) is 1.99. The summed E-state index contributed by atoms with van der Waals surface area (Å²) in [6.45, 7) is 0. The number of anilines is 2. The number of aromatic carboxylic acids is 1. The summed E-state index contributed by atoms with van der Waals surface area (Å²) < 4.78 is 1.41. The van der Waals surface area contributed by atoms with E-state index in [1.165, 1.54) is 10.7 Å². The van der Waals surface area contributed by atoms with Gasteiger partial charge in [-0.1, -0.05) is 17.7 Å². The van der Waals surface area contributed by atoms with E-state index in [4.69, 9.17) is 16.7 Å². The minimum Gasteiger partial charge on any atom is -0.476 e. The van der Waals surface area contributed by atoms with Crippen LogP contribution >= 0.6 is 11.6 Å². The molecule has 22 heavy (non-hydrogen) atoms. The lowest BCUT2D eigenvalue weighted by Crippen LogP contribution is -2.03. The second-order valence-electron chi connectivity index (χ2n) is 4.46. The van der Waals surface area contributed by atoms with Crippen molar-refractivity contribution < 1.29 is 9.90 Å². The molecule has 7 heteroatoms. The topological polar surface area (TPSA) is 80.0 Å². The average molecular weight is 315 g/mol. The normalized spacial score (nSPS) is 10.4. The zero-order valence-electron chi connectivity index (χ0n) is 11.3. The molecule has 0 aliphatic heterocycles. The van der Waals surface area contributed by atoms with Gasteiger partial charge in [0.2, 0.25) is 0 Å². The average Bonchev–Trinajstić information content (AvgIpc) is 3.00.